The summed E-state index contributed by atoms with van der Waals surface area (Å²) in [5.41, 5.74) is 5.71. The van der Waals surface area contributed by atoms with Crippen LogP contribution in [0.5, 0.6) is 0 Å². The lowest BCUT2D eigenvalue weighted by Crippen LogP contribution is -2.28. The van der Waals surface area contributed by atoms with Gasteiger partial charge in [-0.15, -0.1) is 0 Å². The Labute approximate surface area is 124 Å². The first kappa shape index (κ1) is 17.2. The molecule has 0 atom stereocenters. The first-order valence-corrected chi connectivity index (χ1v) is 7.45. The SMILES string of the molecule is NC(=S)c1ccc(S(=O)(=O)NCCC(F)(F)F)c(Cl)c1. The van der Waals surface area contributed by atoms with Crippen molar-refractivity contribution in [2.75, 3.05) is 6.54 Å². The third-order valence-electron chi connectivity index (χ3n) is 2.21. The summed E-state index contributed by atoms with van der Waals surface area (Å²) in [5.74, 6) is 0. The third kappa shape index (κ3) is 4.89. The number of hydrogen-bond acceptors (Lipinski definition) is 3. The molecule has 20 heavy (non-hydrogen) atoms. The zero-order chi connectivity index (χ0) is 15.6. The van der Waals surface area contributed by atoms with E-state index in [1.165, 1.54) is 12.1 Å². The lowest BCUT2D eigenvalue weighted by molar-refractivity contribution is -0.132. The fraction of sp³-hybridized carbons (Fsp3) is 0.300. The Morgan fingerprint density at radius 1 is 1.40 bits per heavy atom. The molecule has 1 aromatic rings. The van der Waals surface area contributed by atoms with Gasteiger partial charge < -0.3 is 5.73 Å². The van der Waals surface area contributed by atoms with Crippen LogP contribution in [0.2, 0.25) is 5.02 Å². The quantitative estimate of drug-likeness (QED) is 0.802. The molecule has 10 heteroatoms. The van der Waals surface area contributed by atoms with Crippen molar-refractivity contribution in [3.05, 3.63) is 28.8 Å². The first-order chi connectivity index (χ1) is 9.03. The standard InChI is InChI=1S/C10H10ClF3N2O2S2/c11-7-5-6(9(15)19)1-2-8(7)20(17,18)16-4-3-10(12,13)14/h1-2,5,16H,3-4H2,(H2,15,19). The molecule has 0 saturated carbocycles. The van der Waals surface area contributed by atoms with Gasteiger partial charge >= 0.3 is 6.18 Å². The smallest absolute Gasteiger partial charge is 0.389 e. The van der Waals surface area contributed by atoms with Gasteiger partial charge in [0.1, 0.15) is 9.88 Å². The second kappa shape index (κ2) is 6.25. The van der Waals surface area contributed by atoms with Crippen molar-refractivity contribution in [2.45, 2.75) is 17.5 Å². The fourth-order valence-corrected chi connectivity index (χ4v) is 2.98. The highest BCUT2D eigenvalue weighted by molar-refractivity contribution is 7.89. The molecule has 0 saturated heterocycles. The molecule has 0 heterocycles. The van der Waals surface area contributed by atoms with Crippen LogP contribution in [-0.2, 0) is 10.0 Å². The number of thiocarbonyl (C=S) groups is 1. The molecular formula is C10H10ClF3N2O2S2. The van der Waals surface area contributed by atoms with Gasteiger partial charge in [0.25, 0.3) is 0 Å². The van der Waals surface area contributed by atoms with Gasteiger partial charge in [-0.05, 0) is 12.1 Å². The Kier molecular flexibility index (Phi) is 5.36. The van der Waals surface area contributed by atoms with Crippen LogP contribution in [0.3, 0.4) is 0 Å². The van der Waals surface area contributed by atoms with Gasteiger partial charge in [-0.1, -0.05) is 29.9 Å². The van der Waals surface area contributed by atoms with E-state index in [0.29, 0.717) is 5.56 Å². The first-order valence-electron chi connectivity index (χ1n) is 5.19. The third-order valence-corrected chi connectivity index (χ3v) is 4.39. The largest absolute Gasteiger partial charge is 0.390 e. The number of nitrogens with one attached hydrogen (secondary N) is 1. The van der Waals surface area contributed by atoms with Crippen molar-refractivity contribution in [2.24, 2.45) is 5.73 Å². The second-order valence-electron chi connectivity index (χ2n) is 3.77. The highest BCUT2D eigenvalue weighted by Crippen LogP contribution is 2.23. The van der Waals surface area contributed by atoms with Crippen molar-refractivity contribution >= 4 is 38.8 Å². The van der Waals surface area contributed by atoms with E-state index in [-0.39, 0.29) is 14.9 Å². The summed E-state index contributed by atoms with van der Waals surface area (Å²) in [7, 11) is -4.12. The molecule has 0 amide bonds. The maximum atomic E-state index is 12.0. The topological polar surface area (TPSA) is 72.2 Å². The van der Waals surface area contributed by atoms with Crippen LogP contribution in [0.25, 0.3) is 0 Å². The maximum Gasteiger partial charge on any atom is 0.390 e. The van der Waals surface area contributed by atoms with E-state index in [1.807, 2.05) is 4.72 Å². The molecular weight excluding hydrogens is 337 g/mol. The molecule has 3 N–H and O–H groups in total. The molecule has 0 unspecified atom stereocenters. The average molecular weight is 347 g/mol. The molecule has 0 aliphatic heterocycles. The average Bonchev–Trinajstić information content (AvgIpc) is 2.26. The molecule has 0 radical (unpaired) electrons. The Balaban J connectivity index is 2.91. The van der Waals surface area contributed by atoms with E-state index in [9.17, 15) is 21.6 Å². The Bertz CT molecular complexity index is 617. The van der Waals surface area contributed by atoms with Crippen LogP contribution in [0, 0.1) is 0 Å². The summed E-state index contributed by atoms with van der Waals surface area (Å²) >= 11 is 10.5. The summed E-state index contributed by atoms with van der Waals surface area (Å²) in [6, 6.07) is 3.70. The van der Waals surface area contributed by atoms with Gasteiger partial charge in [-0.25, -0.2) is 13.1 Å². The van der Waals surface area contributed by atoms with Crippen LogP contribution in [-0.4, -0.2) is 26.1 Å². The maximum absolute atomic E-state index is 12.0. The molecule has 0 fully saturated rings. The minimum absolute atomic E-state index is 0.0286. The monoisotopic (exact) mass is 346 g/mol. The molecule has 0 aromatic heterocycles. The van der Waals surface area contributed by atoms with Gasteiger partial charge in [-0.3, -0.25) is 0 Å². The minimum atomic E-state index is -4.44. The van der Waals surface area contributed by atoms with Crippen LogP contribution in [0.4, 0.5) is 13.2 Å². The second-order valence-corrected chi connectivity index (χ2v) is 6.35. The van der Waals surface area contributed by atoms with Gasteiger partial charge in [0.15, 0.2) is 0 Å². The molecule has 0 aliphatic rings. The van der Waals surface area contributed by atoms with E-state index in [2.05, 4.69) is 0 Å². The summed E-state index contributed by atoms with van der Waals surface area (Å²) in [5, 5.41) is -0.171. The normalized spacial score (nSPS) is 12.4. The molecule has 1 aromatic carbocycles. The number of nitrogens with two attached hydrogens (primary N) is 1. The molecule has 0 spiro atoms. The van der Waals surface area contributed by atoms with Crippen molar-refractivity contribution < 1.29 is 21.6 Å². The predicted molar refractivity (Wildman–Crippen MR) is 73.2 cm³/mol. The number of hydrogen-bond donors (Lipinski definition) is 2. The number of halogens is 4. The molecule has 1 rings (SSSR count). The van der Waals surface area contributed by atoms with E-state index in [1.54, 1.807) is 0 Å². The highest BCUT2D eigenvalue weighted by Gasteiger charge is 2.28. The number of benzene rings is 1. The number of alkyl halides is 3. The zero-order valence-corrected chi connectivity index (χ0v) is 12.3. The Morgan fingerprint density at radius 3 is 2.45 bits per heavy atom. The summed E-state index contributed by atoms with van der Waals surface area (Å²) in [4.78, 5) is -0.304. The minimum Gasteiger partial charge on any atom is -0.389 e. The van der Waals surface area contributed by atoms with Gasteiger partial charge in [0.05, 0.1) is 11.4 Å². The van der Waals surface area contributed by atoms with Gasteiger partial charge in [-0.2, -0.15) is 13.2 Å². The van der Waals surface area contributed by atoms with Crippen LogP contribution in [0.1, 0.15) is 12.0 Å². The summed E-state index contributed by atoms with van der Waals surface area (Å²) < 4.78 is 61.3. The van der Waals surface area contributed by atoms with E-state index >= 15 is 0 Å². The summed E-state index contributed by atoms with van der Waals surface area (Å²) in [6.07, 6.45) is -5.71. The van der Waals surface area contributed by atoms with Crippen molar-refractivity contribution in [1.82, 2.24) is 4.72 Å². The Hall–Kier alpha value is -0.900. The zero-order valence-electron chi connectivity index (χ0n) is 9.87. The molecule has 0 aliphatic carbocycles. The predicted octanol–water partition coefficient (Wildman–Crippen LogP) is 2.20. The lowest BCUT2D eigenvalue weighted by Gasteiger charge is -2.10. The van der Waals surface area contributed by atoms with E-state index in [4.69, 9.17) is 29.6 Å². The molecule has 112 valence electrons. The molecule has 4 nitrogen and oxygen atoms in total. The van der Waals surface area contributed by atoms with Crippen LogP contribution < -0.4 is 10.5 Å². The summed E-state index contributed by atoms with van der Waals surface area (Å²) in [6.45, 7) is -0.765. The fourth-order valence-electron chi connectivity index (χ4n) is 1.28. The van der Waals surface area contributed by atoms with Crippen LogP contribution >= 0.6 is 23.8 Å². The Morgan fingerprint density at radius 2 is 2.00 bits per heavy atom. The van der Waals surface area contributed by atoms with Gasteiger partial charge in [0.2, 0.25) is 10.0 Å². The van der Waals surface area contributed by atoms with Crippen molar-refractivity contribution in [3.8, 4) is 0 Å². The van der Waals surface area contributed by atoms with Crippen molar-refractivity contribution in [1.29, 1.82) is 0 Å². The molecule has 0 bridgehead atoms. The van der Waals surface area contributed by atoms with Gasteiger partial charge in [0, 0.05) is 12.1 Å². The van der Waals surface area contributed by atoms with E-state index < -0.39 is 29.2 Å². The highest BCUT2D eigenvalue weighted by atomic mass is 35.5. The van der Waals surface area contributed by atoms with Crippen LogP contribution in [0.15, 0.2) is 23.1 Å². The lowest BCUT2D eigenvalue weighted by atomic mass is 10.2. The number of sulfonamides is 1. The van der Waals surface area contributed by atoms with E-state index in [0.717, 1.165) is 6.07 Å². The van der Waals surface area contributed by atoms with Crippen molar-refractivity contribution in [3.63, 3.8) is 0 Å². The number of rotatable bonds is 5.